The van der Waals surface area contributed by atoms with E-state index in [-0.39, 0.29) is 6.61 Å². The Kier molecular flexibility index (Phi) is 2.79. The Morgan fingerprint density at radius 3 is 2.93 bits per heavy atom. The van der Waals surface area contributed by atoms with E-state index in [0.29, 0.717) is 6.42 Å². The number of benzene rings is 1. The van der Waals surface area contributed by atoms with Crippen LogP contribution in [0.2, 0.25) is 0 Å². The van der Waals surface area contributed by atoms with E-state index in [0.717, 1.165) is 22.0 Å². The summed E-state index contributed by atoms with van der Waals surface area (Å²) in [6, 6.07) is 10.0. The minimum atomic E-state index is 0.131. The first-order valence-electron chi connectivity index (χ1n) is 4.95. The van der Waals surface area contributed by atoms with Gasteiger partial charge in [-0.25, -0.2) is 0 Å². The molecule has 2 heteroatoms. The Labute approximate surface area is 88.9 Å². The number of aliphatic hydroxyl groups excluding tert-OH is 1. The van der Waals surface area contributed by atoms with E-state index < -0.39 is 0 Å². The molecule has 1 aromatic carbocycles. The Hall–Kier alpha value is -1.67. The molecule has 0 spiro atoms. The number of pyridine rings is 1. The summed E-state index contributed by atoms with van der Waals surface area (Å²) >= 11 is 0. The summed E-state index contributed by atoms with van der Waals surface area (Å²) in [4.78, 5) is 4.34. The smallest absolute Gasteiger partial charge is 0.0702 e. The van der Waals surface area contributed by atoms with E-state index in [4.69, 9.17) is 5.11 Å². The maximum atomic E-state index is 8.83. The van der Waals surface area contributed by atoms with Crippen molar-refractivity contribution in [1.82, 2.24) is 4.98 Å². The number of aliphatic hydroxyl groups is 1. The number of nitrogens with zero attached hydrogens (tertiary/aromatic N) is 1. The lowest BCUT2D eigenvalue weighted by molar-refractivity contribution is 0.305. The first-order valence-corrected chi connectivity index (χ1v) is 4.95. The molecule has 0 aliphatic heterocycles. The monoisotopic (exact) mass is 199 g/mol. The summed E-state index contributed by atoms with van der Waals surface area (Å²) in [5, 5.41) is 9.94. The highest BCUT2D eigenvalue weighted by atomic mass is 16.2. The molecule has 2 nitrogen and oxygen atoms in total. The Bertz CT molecular complexity index is 491. The molecule has 1 aromatic heterocycles. The lowest BCUT2D eigenvalue weighted by Crippen LogP contribution is -1.89. The molecule has 0 unspecified atom stereocenters. The molecule has 0 radical (unpaired) electrons. The molecule has 1 heterocycles. The second-order valence-corrected chi connectivity index (χ2v) is 3.49. The standard InChI is InChI=1S/C13H13NO/c1-10(6-7-15)12-8-11-4-2-3-5-13(11)14-9-12/h2-5,8-9,15H,1,6-7H2. The zero-order valence-electron chi connectivity index (χ0n) is 8.48. The van der Waals surface area contributed by atoms with Gasteiger partial charge in [0, 0.05) is 18.2 Å². The molecular weight excluding hydrogens is 186 g/mol. The third-order valence-electron chi connectivity index (χ3n) is 2.41. The summed E-state index contributed by atoms with van der Waals surface area (Å²) < 4.78 is 0. The summed E-state index contributed by atoms with van der Waals surface area (Å²) in [5.74, 6) is 0. The van der Waals surface area contributed by atoms with E-state index in [2.05, 4.69) is 17.6 Å². The lowest BCUT2D eigenvalue weighted by Gasteiger charge is -2.04. The van der Waals surface area contributed by atoms with Crippen LogP contribution >= 0.6 is 0 Å². The Morgan fingerprint density at radius 1 is 1.33 bits per heavy atom. The fourth-order valence-electron chi connectivity index (χ4n) is 1.54. The van der Waals surface area contributed by atoms with Gasteiger partial charge in [-0.2, -0.15) is 0 Å². The topological polar surface area (TPSA) is 33.1 Å². The van der Waals surface area contributed by atoms with Crippen molar-refractivity contribution in [1.29, 1.82) is 0 Å². The third-order valence-corrected chi connectivity index (χ3v) is 2.41. The Morgan fingerprint density at radius 2 is 2.13 bits per heavy atom. The van der Waals surface area contributed by atoms with Crippen molar-refractivity contribution in [3.8, 4) is 0 Å². The van der Waals surface area contributed by atoms with Gasteiger partial charge >= 0.3 is 0 Å². The Balaban J connectivity index is 2.42. The lowest BCUT2D eigenvalue weighted by atomic mass is 10.1. The first-order chi connectivity index (χ1) is 7.31. The van der Waals surface area contributed by atoms with Crippen LogP contribution in [0.15, 0.2) is 43.1 Å². The molecule has 0 bridgehead atoms. The van der Waals surface area contributed by atoms with Crippen LogP contribution in [0.4, 0.5) is 0 Å². The normalized spacial score (nSPS) is 10.5. The number of rotatable bonds is 3. The summed E-state index contributed by atoms with van der Waals surface area (Å²) in [7, 11) is 0. The average Bonchev–Trinajstić information content (AvgIpc) is 2.29. The fraction of sp³-hybridized carbons (Fsp3) is 0.154. The molecule has 2 aromatic rings. The van der Waals surface area contributed by atoms with Crippen molar-refractivity contribution < 1.29 is 5.11 Å². The minimum absolute atomic E-state index is 0.131. The van der Waals surface area contributed by atoms with E-state index >= 15 is 0 Å². The highest BCUT2D eigenvalue weighted by Crippen LogP contribution is 2.19. The van der Waals surface area contributed by atoms with Gasteiger partial charge in [0.2, 0.25) is 0 Å². The van der Waals surface area contributed by atoms with Crippen molar-refractivity contribution >= 4 is 16.5 Å². The zero-order valence-corrected chi connectivity index (χ0v) is 8.48. The quantitative estimate of drug-likeness (QED) is 0.824. The predicted molar refractivity (Wildman–Crippen MR) is 62.5 cm³/mol. The molecule has 76 valence electrons. The van der Waals surface area contributed by atoms with Crippen LogP contribution < -0.4 is 0 Å². The summed E-state index contributed by atoms with van der Waals surface area (Å²) in [5.41, 5.74) is 2.91. The van der Waals surface area contributed by atoms with Gasteiger partial charge in [-0.3, -0.25) is 4.98 Å². The van der Waals surface area contributed by atoms with E-state index in [1.54, 1.807) is 6.20 Å². The van der Waals surface area contributed by atoms with Gasteiger partial charge in [-0.05, 0) is 29.7 Å². The van der Waals surface area contributed by atoms with Gasteiger partial charge in [-0.1, -0.05) is 24.8 Å². The third kappa shape index (κ3) is 2.05. The maximum Gasteiger partial charge on any atom is 0.0702 e. The number of aromatic nitrogens is 1. The van der Waals surface area contributed by atoms with Crippen molar-refractivity contribution in [3.05, 3.63) is 48.7 Å². The van der Waals surface area contributed by atoms with Gasteiger partial charge in [-0.15, -0.1) is 0 Å². The van der Waals surface area contributed by atoms with Gasteiger partial charge in [0.05, 0.1) is 5.52 Å². The number of para-hydroxylation sites is 1. The number of hydrogen-bond donors (Lipinski definition) is 1. The first kappa shape index (κ1) is 9.87. The molecule has 0 aliphatic rings. The second-order valence-electron chi connectivity index (χ2n) is 3.49. The van der Waals surface area contributed by atoms with E-state index in [1.807, 2.05) is 24.3 Å². The van der Waals surface area contributed by atoms with Crippen LogP contribution in [0.5, 0.6) is 0 Å². The van der Waals surface area contributed by atoms with Gasteiger partial charge in [0.15, 0.2) is 0 Å². The van der Waals surface area contributed by atoms with Crippen LogP contribution in [-0.4, -0.2) is 16.7 Å². The molecule has 1 N–H and O–H groups in total. The SMILES string of the molecule is C=C(CCO)c1cnc2ccccc2c1. The van der Waals surface area contributed by atoms with Gasteiger partial charge in [0.25, 0.3) is 0 Å². The number of fused-ring (bicyclic) bond motifs is 1. The van der Waals surface area contributed by atoms with Crippen LogP contribution in [0, 0.1) is 0 Å². The molecular formula is C13H13NO. The molecule has 0 saturated heterocycles. The van der Waals surface area contributed by atoms with E-state index in [9.17, 15) is 0 Å². The van der Waals surface area contributed by atoms with Crippen molar-refractivity contribution in [2.75, 3.05) is 6.61 Å². The molecule has 0 amide bonds. The predicted octanol–water partition coefficient (Wildman–Crippen LogP) is 2.63. The summed E-state index contributed by atoms with van der Waals surface area (Å²) in [6.07, 6.45) is 2.40. The highest BCUT2D eigenvalue weighted by molar-refractivity contribution is 5.82. The van der Waals surface area contributed by atoms with Crippen LogP contribution in [0.25, 0.3) is 16.5 Å². The largest absolute Gasteiger partial charge is 0.396 e. The summed E-state index contributed by atoms with van der Waals surface area (Å²) in [6.45, 7) is 4.05. The highest BCUT2D eigenvalue weighted by Gasteiger charge is 2.00. The van der Waals surface area contributed by atoms with Crippen LogP contribution in [-0.2, 0) is 0 Å². The minimum Gasteiger partial charge on any atom is -0.396 e. The van der Waals surface area contributed by atoms with Crippen molar-refractivity contribution in [3.63, 3.8) is 0 Å². The van der Waals surface area contributed by atoms with Gasteiger partial charge < -0.3 is 5.11 Å². The average molecular weight is 199 g/mol. The zero-order chi connectivity index (χ0) is 10.7. The number of hydrogen-bond acceptors (Lipinski definition) is 2. The van der Waals surface area contributed by atoms with Crippen molar-refractivity contribution in [2.24, 2.45) is 0 Å². The van der Waals surface area contributed by atoms with Crippen molar-refractivity contribution in [2.45, 2.75) is 6.42 Å². The maximum absolute atomic E-state index is 8.83. The fourth-order valence-corrected chi connectivity index (χ4v) is 1.54. The van der Waals surface area contributed by atoms with Crippen LogP contribution in [0.3, 0.4) is 0 Å². The second kappa shape index (κ2) is 4.24. The molecule has 0 aliphatic carbocycles. The molecule has 0 saturated carbocycles. The molecule has 15 heavy (non-hydrogen) atoms. The molecule has 0 atom stereocenters. The van der Waals surface area contributed by atoms with Gasteiger partial charge in [0.1, 0.15) is 0 Å². The molecule has 2 rings (SSSR count). The van der Waals surface area contributed by atoms with Crippen LogP contribution in [0.1, 0.15) is 12.0 Å². The van der Waals surface area contributed by atoms with E-state index in [1.165, 1.54) is 0 Å². The molecule has 0 fully saturated rings.